The summed E-state index contributed by atoms with van der Waals surface area (Å²) in [5, 5.41) is 11.9. The van der Waals surface area contributed by atoms with Gasteiger partial charge >= 0.3 is 5.97 Å². The molecule has 0 aliphatic heterocycles. The molecule has 0 aliphatic carbocycles. The van der Waals surface area contributed by atoms with Crippen LogP contribution >= 0.6 is 0 Å². The van der Waals surface area contributed by atoms with Crippen LogP contribution in [-0.2, 0) is 6.42 Å². The fourth-order valence-electron chi connectivity index (χ4n) is 2.65. The molecule has 0 heterocycles. The predicted octanol–water partition coefficient (Wildman–Crippen LogP) is 2.46. The smallest absolute Gasteiger partial charge is 0.335 e. The van der Waals surface area contributed by atoms with Crippen molar-refractivity contribution in [2.24, 2.45) is 0 Å². The summed E-state index contributed by atoms with van der Waals surface area (Å²) < 4.78 is 5.24. The maximum absolute atomic E-state index is 12.4. The summed E-state index contributed by atoms with van der Waals surface area (Å²) in [6.45, 7) is 2.80. The lowest BCUT2D eigenvalue weighted by atomic mass is 10.1. The van der Waals surface area contributed by atoms with Crippen LogP contribution in [0, 0.1) is 0 Å². The summed E-state index contributed by atoms with van der Waals surface area (Å²) in [6.07, 6.45) is 0.478. The molecule has 0 spiro atoms. The van der Waals surface area contributed by atoms with Crippen molar-refractivity contribution in [2.45, 2.75) is 13.3 Å². The van der Waals surface area contributed by atoms with Crippen molar-refractivity contribution in [3.05, 3.63) is 64.7 Å². The first kappa shape index (κ1) is 21.0. The highest BCUT2D eigenvalue weighted by Gasteiger charge is 2.14. The van der Waals surface area contributed by atoms with Gasteiger partial charge in [-0.25, -0.2) is 4.79 Å². The van der Waals surface area contributed by atoms with E-state index in [2.05, 4.69) is 5.32 Å². The third-order valence-corrected chi connectivity index (χ3v) is 4.41. The molecule has 2 N–H and O–H groups in total. The number of hydrogen-bond donors (Lipinski definition) is 2. The molecule has 0 atom stereocenters. The third-order valence-electron chi connectivity index (χ3n) is 4.41. The molecular weight excluding hydrogens is 360 g/mol. The first-order valence-electron chi connectivity index (χ1n) is 8.91. The maximum Gasteiger partial charge on any atom is 0.335 e. The molecule has 28 heavy (non-hydrogen) atoms. The number of ether oxygens (including phenoxy) is 1. The zero-order valence-electron chi connectivity index (χ0n) is 16.2. The molecule has 0 aliphatic rings. The monoisotopic (exact) mass is 384 g/mol. The van der Waals surface area contributed by atoms with E-state index in [-0.39, 0.29) is 17.4 Å². The van der Waals surface area contributed by atoms with Crippen LogP contribution in [0.3, 0.4) is 0 Å². The second kappa shape index (κ2) is 9.55. The number of carboxylic acid groups (broad SMARTS) is 1. The van der Waals surface area contributed by atoms with Crippen LogP contribution in [0.5, 0.6) is 5.75 Å². The number of amides is 2. The van der Waals surface area contributed by atoms with Crippen LogP contribution in [0.15, 0.2) is 42.5 Å². The average molecular weight is 384 g/mol. The normalized spacial score (nSPS) is 10.2. The second-order valence-electron chi connectivity index (χ2n) is 6.24. The highest BCUT2D eigenvalue weighted by atomic mass is 16.5. The Balaban J connectivity index is 2.01. The molecule has 2 rings (SSSR count). The van der Waals surface area contributed by atoms with E-state index in [1.807, 2.05) is 6.92 Å². The van der Waals surface area contributed by atoms with Gasteiger partial charge in [-0.1, -0.05) is 12.1 Å². The van der Waals surface area contributed by atoms with Crippen LogP contribution in [0.25, 0.3) is 0 Å². The Bertz CT molecular complexity index is 879. The van der Waals surface area contributed by atoms with Gasteiger partial charge in [0.1, 0.15) is 5.75 Å². The molecule has 7 nitrogen and oxygen atoms in total. The molecule has 7 heteroatoms. The fraction of sp³-hybridized carbons (Fsp3) is 0.286. The molecule has 0 saturated heterocycles. The zero-order valence-corrected chi connectivity index (χ0v) is 16.2. The van der Waals surface area contributed by atoms with Gasteiger partial charge < -0.3 is 20.1 Å². The minimum atomic E-state index is -1.03. The fourth-order valence-corrected chi connectivity index (χ4v) is 2.65. The molecule has 148 valence electrons. The van der Waals surface area contributed by atoms with E-state index >= 15 is 0 Å². The summed E-state index contributed by atoms with van der Waals surface area (Å²) in [5.41, 5.74) is 1.80. The topological polar surface area (TPSA) is 95.9 Å². The highest BCUT2D eigenvalue weighted by molar-refractivity contribution is 5.99. The SMILES string of the molecule is CCN(C)C(=O)c1cccc(C(=O)NCCc2ccc(C(=O)O)cc2OC)c1. The molecule has 2 aromatic carbocycles. The van der Waals surface area contributed by atoms with Gasteiger partial charge in [0, 0.05) is 31.3 Å². The van der Waals surface area contributed by atoms with Crippen molar-refractivity contribution in [3.8, 4) is 5.75 Å². The van der Waals surface area contributed by atoms with Gasteiger partial charge in [-0.2, -0.15) is 0 Å². The molecule has 0 aromatic heterocycles. The van der Waals surface area contributed by atoms with Crippen molar-refractivity contribution < 1.29 is 24.2 Å². The van der Waals surface area contributed by atoms with Gasteiger partial charge in [-0.05, 0) is 49.2 Å². The van der Waals surface area contributed by atoms with Crippen molar-refractivity contribution in [1.29, 1.82) is 0 Å². The zero-order chi connectivity index (χ0) is 20.7. The Morgan fingerprint density at radius 3 is 2.43 bits per heavy atom. The van der Waals surface area contributed by atoms with Crippen molar-refractivity contribution in [1.82, 2.24) is 10.2 Å². The lowest BCUT2D eigenvalue weighted by Gasteiger charge is -2.15. The molecule has 0 radical (unpaired) electrons. The predicted molar refractivity (Wildman–Crippen MR) is 105 cm³/mol. The quantitative estimate of drug-likeness (QED) is 0.729. The average Bonchev–Trinajstić information content (AvgIpc) is 2.72. The summed E-state index contributed by atoms with van der Waals surface area (Å²) >= 11 is 0. The Morgan fingerprint density at radius 1 is 1.07 bits per heavy atom. The largest absolute Gasteiger partial charge is 0.496 e. The number of nitrogens with one attached hydrogen (secondary N) is 1. The van der Waals surface area contributed by atoms with E-state index < -0.39 is 5.97 Å². The van der Waals surface area contributed by atoms with Gasteiger partial charge in [0.15, 0.2) is 0 Å². The lowest BCUT2D eigenvalue weighted by molar-refractivity contribution is 0.0695. The number of carbonyl (C=O) groups excluding carboxylic acids is 2. The van der Waals surface area contributed by atoms with Crippen LogP contribution in [0.1, 0.15) is 43.6 Å². The Kier molecular flexibility index (Phi) is 7.14. The third kappa shape index (κ3) is 5.09. The molecule has 2 amide bonds. The van der Waals surface area contributed by atoms with Gasteiger partial charge in [-0.3, -0.25) is 9.59 Å². The van der Waals surface area contributed by atoms with Gasteiger partial charge in [0.2, 0.25) is 0 Å². The number of benzene rings is 2. The van der Waals surface area contributed by atoms with Gasteiger partial charge in [0.05, 0.1) is 12.7 Å². The lowest BCUT2D eigenvalue weighted by Crippen LogP contribution is -2.28. The number of hydrogen-bond acceptors (Lipinski definition) is 4. The van der Waals surface area contributed by atoms with E-state index in [4.69, 9.17) is 9.84 Å². The van der Waals surface area contributed by atoms with Crippen molar-refractivity contribution in [3.63, 3.8) is 0 Å². The number of methoxy groups -OCH3 is 1. The maximum atomic E-state index is 12.4. The van der Waals surface area contributed by atoms with Crippen molar-refractivity contribution >= 4 is 17.8 Å². The molecule has 0 bridgehead atoms. The minimum absolute atomic E-state index is 0.139. The second-order valence-corrected chi connectivity index (χ2v) is 6.24. The molecule has 0 saturated carbocycles. The summed E-state index contributed by atoms with van der Waals surface area (Å²) in [7, 11) is 3.18. The number of aromatic carboxylic acids is 1. The van der Waals surface area contributed by atoms with Crippen molar-refractivity contribution in [2.75, 3.05) is 27.2 Å². The van der Waals surface area contributed by atoms with Crippen LogP contribution in [0.2, 0.25) is 0 Å². The number of nitrogens with zero attached hydrogens (tertiary/aromatic N) is 1. The minimum Gasteiger partial charge on any atom is -0.496 e. The summed E-state index contributed by atoms with van der Waals surface area (Å²) in [6, 6.07) is 11.2. The molecule has 0 unspecified atom stereocenters. The van der Waals surface area contributed by atoms with Gasteiger partial charge in [0.25, 0.3) is 11.8 Å². The van der Waals surface area contributed by atoms with E-state index in [1.165, 1.54) is 19.2 Å². The number of rotatable bonds is 8. The number of carbonyl (C=O) groups is 3. The number of carboxylic acids is 1. The van der Waals surface area contributed by atoms with E-state index in [9.17, 15) is 14.4 Å². The first-order chi connectivity index (χ1) is 13.4. The highest BCUT2D eigenvalue weighted by Crippen LogP contribution is 2.20. The summed E-state index contributed by atoms with van der Waals surface area (Å²) in [5.74, 6) is -0.985. The Morgan fingerprint density at radius 2 is 1.79 bits per heavy atom. The van der Waals surface area contributed by atoms with Gasteiger partial charge in [-0.15, -0.1) is 0 Å². The van der Waals surface area contributed by atoms with E-state index in [0.717, 1.165) is 5.56 Å². The summed E-state index contributed by atoms with van der Waals surface area (Å²) in [4.78, 5) is 37.2. The standard InChI is InChI=1S/C21H24N2O5/c1-4-23(2)20(25)16-7-5-6-15(12-16)19(24)22-11-10-14-8-9-17(21(26)27)13-18(14)28-3/h5-9,12-13H,4,10-11H2,1-3H3,(H,22,24)(H,26,27). The van der Waals surface area contributed by atoms with Crippen LogP contribution in [-0.4, -0.2) is 55.0 Å². The van der Waals surface area contributed by atoms with Crippen LogP contribution < -0.4 is 10.1 Å². The molecule has 0 fully saturated rings. The first-order valence-corrected chi connectivity index (χ1v) is 8.91. The Labute approximate surface area is 163 Å². The van der Waals surface area contributed by atoms with E-state index in [0.29, 0.717) is 36.4 Å². The van der Waals surface area contributed by atoms with E-state index in [1.54, 1.807) is 42.3 Å². The molecular formula is C21H24N2O5. The molecule has 2 aromatic rings. The Hall–Kier alpha value is -3.35. The van der Waals surface area contributed by atoms with Crippen LogP contribution in [0.4, 0.5) is 0 Å².